The number of carbonyl (C=O) groups is 1. The van der Waals surface area contributed by atoms with E-state index in [2.05, 4.69) is 10.6 Å². The van der Waals surface area contributed by atoms with Crippen LogP contribution in [-0.2, 0) is 4.74 Å². The molecule has 2 amide bonds. The molecule has 2 N–H and O–H groups in total. The molecule has 0 spiro atoms. The van der Waals surface area contributed by atoms with Gasteiger partial charge in [-0.1, -0.05) is 17.7 Å². The predicted octanol–water partition coefficient (Wildman–Crippen LogP) is 2.95. The van der Waals surface area contributed by atoms with Crippen molar-refractivity contribution in [2.24, 2.45) is 0 Å². The van der Waals surface area contributed by atoms with Gasteiger partial charge in [-0.3, -0.25) is 0 Å². The van der Waals surface area contributed by atoms with E-state index in [0.717, 1.165) is 25.0 Å². The van der Waals surface area contributed by atoms with Crippen LogP contribution in [0, 0.1) is 6.92 Å². The smallest absolute Gasteiger partial charge is 0.319 e. The van der Waals surface area contributed by atoms with Crippen LogP contribution in [-0.4, -0.2) is 25.3 Å². The molecule has 2 rings (SSSR count). The van der Waals surface area contributed by atoms with Gasteiger partial charge in [0.1, 0.15) is 0 Å². The Morgan fingerprint density at radius 1 is 1.56 bits per heavy atom. The first-order valence-corrected chi connectivity index (χ1v) is 6.45. The van der Waals surface area contributed by atoms with Gasteiger partial charge in [-0.05, 0) is 37.5 Å². The van der Waals surface area contributed by atoms with Crippen molar-refractivity contribution in [1.29, 1.82) is 0 Å². The Morgan fingerprint density at radius 2 is 2.39 bits per heavy atom. The molecule has 1 atom stereocenters. The van der Waals surface area contributed by atoms with E-state index in [4.69, 9.17) is 16.3 Å². The number of anilines is 1. The molecule has 0 bridgehead atoms. The van der Waals surface area contributed by atoms with Gasteiger partial charge >= 0.3 is 6.03 Å². The van der Waals surface area contributed by atoms with E-state index in [1.54, 1.807) is 6.07 Å². The van der Waals surface area contributed by atoms with Gasteiger partial charge in [-0.15, -0.1) is 0 Å². The lowest BCUT2D eigenvalue weighted by atomic mass is 10.2. The molecule has 1 aromatic carbocycles. The summed E-state index contributed by atoms with van der Waals surface area (Å²) in [5.74, 6) is 0. The standard InChI is InChI=1S/C13H17ClN2O2/c1-9-4-5-10(7-12(9)14)16-13(17)15-8-11-3-2-6-18-11/h4-5,7,11H,2-3,6,8H2,1H3,(H2,15,16,17)/t11-/m0/s1. The lowest BCUT2D eigenvalue weighted by molar-refractivity contribution is 0.112. The summed E-state index contributed by atoms with van der Waals surface area (Å²) in [5, 5.41) is 6.18. The van der Waals surface area contributed by atoms with Crippen LogP contribution in [0.4, 0.5) is 10.5 Å². The van der Waals surface area contributed by atoms with Gasteiger partial charge in [0.2, 0.25) is 0 Å². The van der Waals surface area contributed by atoms with Crippen LogP contribution in [0.1, 0.15) is 18.4 Å². The molecule has 1 saturated heterocycles. The summed E-state index contributed by atoms with van der Waals surface area (Å²) in [4.78, 5) is 11.6. The molecule has 4 nitrogen and oxygen atoms in total. The minimum atomic E-state index is -0.231. The van der Waals surface area contributed by atoms with Crippen molar-refractivity contribution in [2.45, 2.75) is 25.9 Å². The molecule has 1 fully saturated rings. The lowest BCUT2D eigenvalue weighted by Crippen LogP contribution is -2.35. The Kier molecular flexibility index (Phi) is 4.44. The van der Waals surface area contributed by atoms with E-state index < -0.39 is 0 Å². The minimum absolute atomic E-state index is 0.150. The van der Waals surface area contributed by atoms with Crippen molar-refractivity contribution in [3.63, 3.8) is 0 Å². The highest BCUT2D eigenvalue weighted by Gasteiger charge is 2.16. The van der Waals surface area contributed by atoms with Crippen molar-refractivity contribution >= 4 is 23.3 Å². The molecule has 0 radical (unpaired) electrons. The van der Waals surface area contributed by atoms with E-state index in [-0.39, 0.29) is 12.1 Å². The number of nitrogens with one attached hydrogen (secondary N) is 2. The fourth-order valence-corrected chi connectivity index (χ4v) is 2.04. The first-order valence-electron chi connectivity index (χ1n) is 6.08. The zero-order chi connectivity index (χ0) is 13.0. The molecule has 0 unspecified atom stereocenters. The van der Waals surface area contributed by atoms with E-state index in [9.17, 15) is 4.79 Å². The highest BCUT2D eigenvalue weighted by molar-refractivity contribution is 6.31. The predicted molar refractivity (Wildman–Crippen MR) is 72.2 cm³/mol. The highest BCUT2D eigenvalue weighted by atomic mass is 35.5. The molecular formula is C13H17ClN2O2. The number of carbonyl (C=O) groups excluding carboxylic acids is 1. The lowest BCUT2D eigenvalue weighted by Gasteiger charge is -2.12. The Bertz CT molecular complexity index is 431. The largest absolute Gasteiger partial charge is 0.376 e. The third kappa shape index (κ3) is 3.62. The van der Waals surface area contributed by atoms with E-state index in [1.807, 2.05) is 19.1 Å². The first-order chi connectivity index (χ1) is 8.65. The van der Waals surface area contributed by atoms with Gasteiger partial charge in [0.15, 0.2) is 0 Å². The summed E-state index contributed by atoms with van der Waals surface area (Å²) < 4.78 is 5.42. The summed E-state index contributed by atoms with van der Waals surface area (Å²) in [5.41, 5.74) is 1.68. The zero-order valence-electron chi connectivity index (χ0n) is 10.3. The fourth-order valence-electron chi connectivity index (χ4n) is 1.86. The Morgan fingerprint density at radius 3 is 3.06 bits per heavy atom. The quantitative estimate of drug-likeness (QED) is 0.886. The fraction of sp³-hybridized carbons (Fsp3) is 0.462. The summed E-state index contributed by atoms with van der Waals surface area (Å²) >= 11 is 5.99. The summed E-state index contributed by atoms with van der Waals surface area (Å²) in [6.07, 6.45) is 2.23. The second kappa shape index (κ2) is 6.07. The maximum absolute atomic E-state index is 11.6. The van der Waals surface area contributed by atoms with Gasteiger partial charge in [0.05, 0.1) is 6.10 Å². The van der Waals surface area contributed by atoms with Crippen LogP contribution in [0.5, 0.6) is 0 Å². The van der Waals surface area contributed by atoms with E-state index in [1.165, 1.54) is 0 Å². The Labute approximate surface area is 112 Å². The van der Waals surface area contributed by atoms with Crippen molar-refractivity contribution in [1.82, 2.24) is 5.32 Å². The van der Waals surface area contributed by atoms with Gasteiger partial charge in [0, 0.05) is 23.9 Å². The average molecular weight is 269 g/mol. The van der Waals surface area contributed by atoms with Crippen molar-refractivity contribution in [2.75, 3.05) is 18.5 Å². The van der Waals surface area contributed by atoms with Crippen molar-refractivity contribution < 1.29 is 9.53 Å². The molecule has 98 valence electrons. The third-order valence-electron chi connectivity index (χ3n) is 2.94. The average Bonchev–Trinajstić information content (AvgIpc) is 2.84. The first kappa shape index (κ1) is 13.2. The molecule has 5 heteroatoms. The number of halogens is 1. The molecule has 1 aliphatic heterocycles. The van der Waals surface area contributed by atoms with Crippen LogP contribution in [0.25, 0.3) is 0 Å². The molecular weight excluding hydrogens is 252 g/mol. The number of hydrogen-bond donors (Lipinski definition) is 2. The third-order valence-corrected chi connectivity index (χ3v) is 3.35. The van der Waals surface area contributed by atoms with E-state index in [0.29, 0.717) is 17.3 Å². The normalized spacial score (nSPS) is 18.7. The Balaban J connectivity index is 1.80. The highest BCUT2D eigenvalue weighted by Crippen LogP contribution is 2.19. The van der Waals surface area contributed by atoms with Crippen LogP contribution >= 0.6 is 11.6 Å². The maximum Gasteiger partial charge on any atom is 0.319 e. The molecule has 18 heavy (non-hydrogen) atoms. The second-order valence-corrected chi connectivity index (χ2v) is 4.84. The molecule has 0 saturated carbocycles. The topological polar surface area (TPSA) is 50.4 Å². The number of ether oxygens (including phenoxy) is 1. The molecule has 1 aromatic rings. The zero-order valence-corrected chi connectivity index (χ0v) is 11.1. The number of hydrogen-bond acceptors (Lipinski definition) is 2. The monoisotopic (exact) mass is 268 g/mol. The van der Waals surface area contributed by atoms with Gasteiger partial charge in [-0.2, -0.15) is 0 Å². The molecule has 1 heterocycles. The van der Waals surface area contributed by atoms with Gasteiger partial charge in [-0.25, -0.2) is 4.79 Å². The minimum Gasteiger partial charge on any atom is -0.376 e. The number of aryl methyl sites for hydroxylation is 1. The van der Waals surface area contributed by atoms with Crippen LogP contribution in [0.2, 0.25) is 5.02 Å². The van der Waals surface area contributed by atoms with Crippen LogP contribution < -0.4 is 10.6 Å². The molecule has 0 aromatic heterocycles. The van der Waals surface area contributed by atoms with Crippen molar-refractivity contribution in [3.8, 4) is 0 Å². The number of urea groups is 1. The van der Waals surface area contributed by atoms with E-state index >= 15 is 0 Å². The second-order valence-electron chi connectivity index (χ2n) is 4.43. The van der Waals surface area contributed by atoms with Crippen LogP contribution in [0.15, 0.2) is 18.2 Å². The van der Waals surface area contributed by atoms with Crippen molar-refractivity contribution in [3.05, 3.63) is 28.8 Å². The summed E-state index contributed by atoms with van der Waals surface area (Å²) in [6, 6.07) is 5.21. The summed E-state index contributed by atoms with van der Waals surface area (Å²) in [6.45, 7) is 3.26. The number of benzene rings is 1. The molecule has 0 aliphatic carbocycles. The number of amides is 2. The Hall–Kier alpha value is -1.26. The number of rotatable bonds is 3. The van der Waals surface area contributed by atoms with Crippen LogP contribution in [0.3, 0.4) is 0 Å². The molecule has 1 aliphatic rings. The maximum atomic E-state index is 11.6. The summed E-state index contributed by atoms with van der Waals surface area (Å²) in [7, 11) is 0. The van der Waals surface area contributed by atoms with Gasteiger partial charge < -0.3 is 15.4 Å². The van der Waals surface area contributed by atoms with Gasteiger partial charge in [0.25, 0.3) is 0 Å². The SMILES string of the molecule is Cc1ccc(NC(=O)NC[C@@H]2CCCO2)cc1Cl.